The van der Waals surface area contributed by atoms with Crippen molar-refractivity contribution >= 4 is 39.9 Å². The molecule has 4 heterocycles. The molecule has 35 heavy (non-hydrogen) atoms. The van der Waals surface area contributed by atoms with E-state index in [4.69, 9.17) is 9.47 Å². The number of hydrogen-bond acceptors (Lipinski definition) is 9. The summed E-state index contributed by atoms with van der Waals surface area (Å²) in [6.45, 7) is 3.57. The Labute approximate surface area is 204 Å². The SMILES string of the molecule is COC(=O)c1sc(N2C(=O)C(=O)/C(=C(/O)c3ccc4c(c3)CC(C)O4)C2c2ccncc2)nc1C. The number of methoxy groups -OCH3 is 1. The summed E-state index contributed by atoms with van der Waals surface area (Å²) in [6, 6.07) is 7.55. The van der Waals surface area contributed by atoms with Gasteiger partial charge >= 0.3 is 11.9 Å². The number of ketones is 1. The van der Waals surface area contributed by atoms with Gasteiger partial charge in [-0.3, -0.25) is 19.5 Å². The maximum Gasteiger partial charge on any atom is 0.350 e. The highest BCUT2D eigenvalue weighted by Gasteiger charge is 2.48. The number of fused-ring (bicyclic) bond motifs is 1. The van der Waals surface area contributed by atoms with Gasteiger partial charge in [-0.25, -0.2) is 9.78 Å². The molecule has 5 rings (SSSR count). The second-order valence-corrected chi connectivity index (χ2v) is 9.28. The normalized spacial score (nSPS) is 20.6. The number of aromatic nitrogens is 2. The summed E-state index contributed by atoms with van der Waals surface area (Å²) in [4.78, 5) is 48.6. The summed E-state index contributed by atoms with van der Waals surface area (Å²) in [7, 11) is 1.26. The lowest BCUT2D eigenvalue weighted by molar-refractivity contribution is -0.132. The molecule has 10 heteroatoms. The molecule has 178 valence electrons. The Hall–Kier alpha value is -4.05. The zero-order chi connectivity index (χ0) is 24.9. The number of carbonyl (C=O) groups excluding carboxylic acids is 3. The number of amides is 1. The molecule has 2 atom stereocenters. The van der Waals surface area contributed by atoms with E-state index >= 15 is 0 Å². The quantitative estimate of drug-likeness (QED) is 0.255. The highest BCUT2D eigenvalue weighted by Crippen LogP contribution is 2.44. The maximum atomic E-state index is 13.3. The zero-order valence-corrected chi connectivity index (χ0v) is 20.0. The minimum Gasteiger partial charge on any atom is -0.507 e. The fraction of sp³-hybridized carbons (Fsp3) is 0.240. The molecule has 1 N–H and O–H groups in total. The van der Waals surface area contributed by atoms with Crippen LogP contribution in [-0.2, 0) is 20.7 Å². The van der Waals surface area contributed by atoms with Crippen molar-refractivity contribution in [2.24, 2.45) is 0 Å². The molecule has 3 aromatic rings. The van der Waals surface area contributed by atoms with Crippen LogP contribution in [-0.4, -0.2) is 45.9 Å². The Kier molecular flexibility index (Phi) is 5.60. The predicted octanol–water partition coefficient (Wildman–Crippen LogP) is 3.58. The first-order valence-electron chi connectivity index (χ1n) is 10.9. The maximum absolute atomic E-state index is 13.3. The van der Waals surface area contributed by atoms with E-state index in [0.29, 0.717) is 23.2 Å². The van der Waals surface area contributed by atoms with E-state index in [0.717, 1.165) is 22.6 Å². The van der Waals surface area contributed by atoms with E-state index < -0.39 is 23.7 Å². The van der Waals surface area contributed by atoms with Gasteiger partial charge in [0, 0.05) is 24.4 Å². The van der Waals surface area contributed by atoms with E-state index in [1.54, 1.807) is 37.3 Å². The molecule has 2 aliphatic heterocycles. The Morgan fingerprint density at radius 3 is 2.69 bits per heavy atom. The van der Waals surface area contributed by atoms with Crippen molar-refractivity contribution in [3.63, 3.8) is 0 Å². The fourth-order valence-corrected chi connectivity index (χ4v) is 5.39. The summed E-state index contributed by atoms with van der Waals surface area (Å²) in [6.07, 6.45) is 3.77. The van der Waals surface area contributed by atoms with Crippen LogP contribution in [0.1, 0.15) is 45.0 Å². The lowest BCUT2D eigenvalue weighted by Crippen LogP contribution is -2.29. The summed E-state index contributed by atoms with van der Waals surface area (Å²) in [5, 5.41) is 11.5. The molecule has 9 nitrogen and oxygen atoms in total. The molecule has 0 saturated carbocycles. The molecule has 1 saturated heterocycles. The van der Waals surface area contributed by atoms with Crippen molar-refractivity contribution in [3.8, 4) is 5.75 Å². The van der Waals surface area contributed by atoms with Gasteiger partial charge in [-0.15, -0.1) is 0 Å². The molecule has 2 aromatic heterocycles. The van der Waals surface area contributed by atoms with Crippen LogP contribution in [0, 0.1) is 6.92 Å². The molecular weight excluding hydrogens is 470 g/mol. The predicted molar refractivity (Wildman–Crippen MR) is 127 cm³/mol. The Morgan fingerprint density at radius 1 is 1.23 bits per heavy atom. The van der Waals surface area contributed by atoms with Crippen molar-refractivity contribution in [1.29, 1.82) is 0 Å². The molecule has 0 aliphatic carbocycles. The van der Waals surface area contributed by atoms with Crippen LogP contribution in [0.5, 0.6) is 5.75 Å². The number of benzene rings is 1. The van der Waals surface area contributed by atoms with Gasteiger partial charge in [-0.1, -0.05) is 11.3 Å². The second kappa shape index (κ2) is 8.62. The van der Waals surface area contributed by atoms with Crippen LogP contribution >= 0.6 is 11.3 Å². The van der Waals surface area contributed by atoms with E-state index in [-0.39, 0.29) is 27.4 Å². The van der Waals surface area contributed by atoms with Crippen LogP contribution in [0.3, 0.4) is 0 Å². The number of aryl methyl sites for hydroxylation is 1. The number of rotatable bonds is 4. The number of ether oxygens (including phenoxy) is 2. The van der Waals surface area contributed by atoms with Crippen LogP contribution in [0.2, 0.25) is 0 Å². The number of anilines is 1. The summed E-state index contributed by atoms with van der Waals surface area (Å²) in [5.41, 5.74) is 2.19. The van der Waals surface area contributed by atoms with Crippen molar-refractivity contribution in [2.45, 2.75) is 32.4 Å². The van der Waals surface area contributed by atoms with E-state index in [9.17, 15) is 19.5 Å². The summed E-state index contributed by atoms with van der Waals surface area (Å²) in [5.74, 6) is -1.85. The Balaban J connectivity index is 1.67. The van der Waals surface area contributed by atoms with Crippen LogP contribution in [0.25, 0.3) is 5.76 Å². The highest BCUT2D eigenvalue weighted by molar-refractivity contribution is 7.17. The first-order valence-corrected chi connectivity index (χ1v) is 11.7. The minimum atomic E-state index is -0.961. The standard InChI is InChI=1S/C25H21N3O6S/c1-12-10-16-11-15(4-5-17(16)34-12)20(29)18-19(14-6-8-26-9-7-14)28(23(31)21(18)30)25-27-13(2)22(35-25)24(32)33-3/h4-9,11-12,19,29H,10H2,1-3H3/b20-18+. The topological polar surface area (TPSA) is 119 Å². The highest BCUT2D eigenvalue weighted by atomic mass is 32.1. The van der Waals surface area contributed by atoms with Gasteiger partial charge < -0.3 is 14.6 Å². The molecule has 0 spiro atoms. The van der Waals surface area contributed by atoms with Gasteiger partial charge in [0.15, 0.2) is 5.13 Å². The number of Topliss-reactive ketones (excluding diaryl/α,β-unsaturated/α-hetero) is 1. The zero-order valence-electron chi connectivity index (χ0n) is 19.1. The summed E-state index contributed by atoms with van der Waals surface area (Å²) >= 11 is 0.951. The van der Waals surface area contributed by atoms with Crippen molar-refractivity contribution in [3.05, 3.63) is 75.6 Å². The first kappa shape index (κ1) is 22.7. The van der Waals surface area contributed by atoms with Gasteiger partial charge in [0.1, 0.15) is 22.5 Å². The molecule has 0 bridgehead atoms. The minimum absolute atomic E-state index is 0.0157. The van der Waals surface area contributed by atoms with Crippen LogP contribution in [0.4, 0.5) is 5.13 Å². The fourth-order valence-electron chi connectivity index (χ4n) is 4.38. The third kappa shape index (κ3) is 3.75. The third-order valence-electron chi connectivity index (χ3n) is 6.00. The van der Waals surface area contributed by atoms with Gasteiger partial charge in [0.25, 0.3) is 5.78 Å². The molecule has 1 fully saturated rings. The third-order valence-corrected chi connectivity index (χ3v) is 7.13. The number of aliphatic hydroxyl groups excluding tert-OH is 1. The van der Waals surface area contributed by atoms with Crippen LogP contribution in [0.15, 0.2) is 48.3 Å². The average molecular weight is 492 g/mol. The molecule has 0 radical (unpaired) electrons. The van der Waals surface area contributed by atoms with Crippen LogP contribution < -0.4 is 9.64 Å². The van der Waals surface area contributed by atoms with Gasteiger partial charge in [-0.05, 0) is 55.3 Å². The smallest absolute Gasteiger partial charge is 0.350 e. The van der Waals surface area contributed by atoms with Crippen molar-refractivity contribution < 1.29 is 29.0 Å². The second-order valence-electron chi connectivity index (χ2n) is 8.31. The lowest BCUT2D eigenvalue weighted by Gasteiger charge is -2.22. The monoisotopic (exact) mass is 491 g/mol. The number of pyridine rings is 1. The molecule has 2 unspecified atom stereocenters. The molecule has 2 aliphatic rings. The molecule has 1 aromatic carbocycles. The number of thiazole rings is 1. The van der Waals surface area contributed by atoms with E-state index in [1.165, 1.54) is 24.4 Å². The Bertz CT molecular complexity index is 1400. The van der Waals surface area contributed by atoms with Gasteiger partial charge in [0.2, 0.25) is 0 Å². The number of esters is 1. The lowest BCUT2D eigenvalue weighted by atomic mass is 9.95. The van der Waals surface area contributed by atoms with Crippen molar-refractivity contribution in [2.75, 3.05) is 12.0 Å². The van der Waals surface area contributed by atoms with E-state index in [2.05, 4.69) is 9.97 Å². The number of hydrogen-bond donors (Lipinski definition) is 1. The summed E-state index contributed by atoms with van der Waals surface area (Å²) < 4.78 is 10.5. The van der Waals surface area contributed by atoms with Crippen molar-refractivity contribution in [1.82, 2.24) is 9.97 Å². The molecule has 1 amide bonds. The van der Waals surface area contributed by atoms with Gasteiger partial charge in [-0.2, -0.15) is 0 Å². The average Bonchev–Trinajstić information content (AvgIpc) is 3.50. The number of carbonyl (C=O) groups is 3. The molecular formula is C25H21N3O6S. The van der Waals surface area contributed by atoms with Gasteiger partial charge in [0.05, 0.1) is 24.4 Å². The first-order chi connectivity index (χ1) is 16.8. The number of nitrogens with zero attached hydrogens (tertiary/aromatic N) is 3. The Morgan fingerprint density at radius 2 is 1.97 bits per heavy atom. The van der Waals surface area contributed by atoms with E-state index in [1.807, 2.05) is 6.92 Å². The number of aliphatic hydroxyl groups is 1. The largest absolute Gasteiger partial charge is 0.507 e.